The zero-order valence-electron chi connectivity index (χ0n) is 10.00. The number of aromatic amines is 1. The second-order valence-corrected chi connectivity index (χ2v) is 4.29. The number of hydrogen-bond donors (Lipinski definition) is 3. The van der Waals surface area contributed by atoms with E-state index < -0.39 is 29.7 Å². The maximum atomic E-state index is 11.7. The van der Waals surface area contributed by atoms with Crippen molar-refractivity contribution in [2.24, 2.45) is 0 Å². The van der Waals surface area contributed by atoms with Crippen LogP contribution in [-0.4, -0.2) is 38.6 Å². The third-order valence-corrected chi connectivity index (χ3v) is 3.12. The van der Waals surface area contributed by atoms with Gasteiger partial charge in [0.15, 0.2) is 0 Å². The highest BCUT2D eigenvalue weighted by Crippen LogP contribution is 2.27. The number of aliphatic hydroxyl groups is 2. The van der Waals surface area contributed by atoms with Crippen LogP contribution in [0.1, 0.15) is 25.1 Å². The molecule has 1 aliphatic heterocycles. The van der Waals surface area contributed by atoms with Crippen LogP contribution >= 0.6 is 0 Å². The van der Waals surface area contributed by atoms with Crippen LogP contribution in [0, 0.1) is 0 Å². The minimum Gasteiger partial charge on any atom is -0.394 e. The van der Waals surface area contributed by atoms with Crippen LogP contribution in [0.15, 0.2) is 15.8 Å². The molecule has 0 aliphatic carbocycles. The SMILES string of the molecule is CCc1cn([C@@H]2C[C@@H](O)[C@@H](CO)O2)c(=O)[nH]c1=O. The minimum atomic E-state index is -0.816. The number of nitrogens with zero attached hydrogens (tertiary/aromatic N) is 1. The van der Waals surface area contributed by atoms with E-state index in [1.165, 1.54) is 10.8 Å². The summed E-state index contributed by atoms with van der Waals surface area (Å²) in [6.45, 7) is 1.50. The van der Waals surface area contributed by atoms with Crippen LogP contribution in [0.25, 0.3) is 0 Å². The zero-order chi connectivity index (χ0) is 13.3. The highest BCUT2D eigenvalue weighted by atomic mass is 16.5. The van der Waals surface area contributed by atoms with Gasteiger partial charge in [-0.1, -0.05) is 6.92 Å². The van der Waals surface area contributed by atoms with Crippen molar-refractivity contribution in [1.82, 2.24) is 9.55 Å². The molecule has 1 aliphatic rings. The molecule has 7 heteroatoms. The summed E-state index contributed by atoms with van der Waals surface area (Å²) in [6, 6.07) is 0. The van der Waals surface area contributed by atoms with E-state index in [2.05, 4.69) is 4.98 Å². The molecule has 100 valence electrons. The van der Waals surface area contributed by atoms with Gasteiger partial charge in [-0.15, -0.1) is 0 Å². The van der Waals surface area contributed by atoms with Crippen LogP contribution in [0.5, 0.6) is 0 Å². The Morgan fingerprint density at radius 3 is 2.83 bits per heavy atom. The molecule has 2 heterocycles. The molecule has 1 aromatic rings. The Morgan fingerprint density at radius 1 is 1.56 bits per heavy atom. The fourth-order valence-electron chi connectivity index (χ4n) is 2.04. The molecule has 7 nitrogen and oxygen atoms in total. The van der Waals surface area contributed by atoms with E-state index in [0.717, 1.165) is 0 Å². The first-order chi connectivity index (χ1) is 8.56. The number of ether oxygens (including phenoxy) is 1. The Bertz CT molecular complexity index is 535. The summed E-state index contributed by atoms with van der Waals surface area (Å²) in [5.41, 5.74) is -0.510. The lowest BCUT2D eigenvalue weighted by Gasteiger charge is -2.14. The molecule has 3 N–H and O–H groups in total. The Labute approximate surface area is 103 Å². The summed E-state index contributed by atoms with van der Waals surface area (Å²) in [7, 11) is 0. The topological polar surface area (TPSA) is 105 Å². The fourth-order valence-corrected chi connectivity index (χ4v) is 2.04. The summed E-state index contributed by atoms with van der Waals surface area (Å²) in [5.74, 6) is 0. The van der Waals surface area contributed by atoms with E-state index in [-0.39, 0.29) is 13.0 Å². The van der Waals surface area contributed by atoms with Crippen molar-refractivity contribution in [3.63, 3.8) is 0 Å². The van der Waals surface area contributed by atoms with Gasteiger partial charge in [-0.3, -0.25) is 14.3 Å². The molecule has 1 saturated heterocycles. The van der Waals surface area contributed by atoms with Gasteiger partial charge < -0.3 is 14.9 Å². The molecule has 0 saturated carbocycles. The highest BCUT2D eigenvalue weighted by Gasteiger charge is 2.35. The van der Waals surface area contributed by atoms with Crippen LogP contribution in [0.3, 0.4) is 0 Å². The van der Waals surface area contributed by atoms with Crippen LogP contribution in [0.2, 0.25) is 0 Å². The van der Waals surface area contributed by atoms with Crippen molar-refractivity contribution in [2.75, 3.05) is 6.61 Å². The third kappa shape index (κ3) is 2.24. The van der Waals surface area contributed by atoms with Crippen molar-refractivity contribution in [3.05, 3.63) is 32.6 Å². The minimum absolute atomic E-state index is 0.209. The summed E-state index contributed by atoms with van der Waals surface area (Å²) < 4.78 is 6.62. The highest BCUT2D eigenvalue weighted by molar-refractivity contribution is 5.04. The lowest BCUT2D eigenvalue weighted by Crippen LogP contribution is -2.34. The standard InChI is InChI=1S/C11H16N2O5/c1-2-6-4-13(11(17)12-10(6)16)9-3-7(15)8(5-14)18-9/h4,7-9,14-15H,2-3,5H2,1H3,(H,12,16,17)/t7-,8-,9+/m1/s1. The van der Waals surface area contributed by atoms with Gasteiger partial charge in [0.2, 0.25) is 0 Å². The van der Waals surface area contributed by atoms with Crippen molar-refractivity contribution < 1.29 is 14.9 Å². The fraction of sp³-hybridized carbons (Fsp3) is 0.636. The average Bonchev–Trinajstić information content (AvgIpc) is 2.70. The molecular weight excluding hydrogens is 240 g/mol. The normalized spacial score (nSPS) is 27.6. The van der Waals surface area contributed by atoms with E-state index >= 15 is 0 Å². The maximum Gasteiger partial charge on any atom is 0.330 e. The van der Waals surface area contributed by atoms with Gasteiger partial charge in [-0.25, -0.2) is 4.79 Å². The third-order valence-electron chi connectivity index (χ3n) is 3.12. The van der Waals surface area contributed by atoms with Gasteiger partial charge in [0.05, 0.1) is 12.7 Å². The average molecular weight is 256 g/mol. The largest absolute Gasteiger partial charge is 0.394 e. The number of aromatic nitrogens is 2. The number of aryl methyl sites for hydroxylation is 1. The van der Waals surface area contributed by atoms with E-state index in [4.69, 9.17) is 9.84 Å². The molecule has 0 bridgehead atoms. The number of aliphatic hydroxyl groups excluding tert-OH is 2. The molecule has 0 unspecified atom stereocenters. The predicted octanol–water partition coefficient (Wildman–Crippen LogP) is -1.26. The first kappa shape index (κ1) is 13.0. The first-order valence-corrected chi connectivity index (χ1v) is 5.85. The summed E-state index contributed by atoms with van der Waals surface area (Å²) in [5, 5.41) is 18.6. The Morgan fingerprint density at radius 2 is 2.28 bits per heavy atom. The lowest BCUT2D eigenvalue weighted by atomic mass is 10.2. The number of nitrogens with one attached hydrogen (secondary N) is 1. The van der Waals surface area contributed by atoms with Gasteiger partial charge >= 0.3 is 5.69 Å². The van der Waals surface area contributed by atoms with Gasteiger partial charge in [0.1, 0.15) is 12.3 Å². The second-order valence-electron chi connectivity index (χ2n) is 4.29. The zero-order valence-corrected chi connectivity index (χ0v) is 10.00. The van der Waals surface area contributed by atoms with Crippen molar-refractivity contribution in [1.29, 1.82) is 0 Å². The molecule has 1 aromatic heterocycles. The number of hydrogen-bond acceptors (Lipinski definition) is 5. The monoisotopic (exact) mass is 256 g/mol. The molecule has 2 rings (SSSR count). The predicted molar refractivity (Wildman–Crippen MR) is 62.3 cm³/mol. The summed E-state index contributed by atoms with van der Waals surface area (Å²) in [4.78, 5) is 25.3. The summed E-state index contributed by atoms with van der Waals surface area (Å²) in [6.07, 6.45) is -0.0259. The van der Waals surface area contributed by atoms with Gasteiger partial charge in [0.25, 0.3) is 5.56 Å². The quantitative estimate of drug-likeness (QED) is 0.626. The lowest BCUT2D eigenvalue weighted by molar-refractivity contribution is -0.0459. The molecule has 1 fully saturated rings. The second kappa shape index (κ2) is 5.05. The van der Waals surface area contributed by atoms with Gasteiger partial charge in [-0.2, -0.15) is 0 Å². The van der Waals surface area contributed by atoms with Crippen molar-refractivity contribution in [2.45, 2.75) is 38.2 Å². The molecule has 0 radical (unpaired) electrons. The van der Waals surface area contributed by atoms with Crippen molar-refractivity contribution in [3.8, 4) is 0 Å². The van der Waals surface area contributed by atoms with E-state index in [1.807, 2.05) is 0 Å². The Kier molecular flexibility index (Phi) is 3.65. The van der Waals surface area contributed by atoms with Gasteiger partial charge in [-0.05, 0) is 6.42 Å². The molecule has 0 amide bonds. The molecule has 3 atom stereocenters. The summed E-state index contributed by atoms with van der Waals surface area (Å²) >= 11 is 0. The van der Waals surface area contributed by atoms with Crippen LogP contribution in [-0.2, 0) is 11.2 Å². The Hall–Kier alpha value is -1.44. The van der Waals surface area contributed by atoms with E-state index in [1.54, 1.807) is 6.92 Å². The van der Waals surface area contributed by atoms with E-state index in [0.29, 0.717) is 12.0 Å². The number of H-pyrrole nitrogens is 1. The van der Waals surface area contributed by atoms with Crippen LogP contribution in [0.4, 0.5) is 0 Å². The molecule has 18 heavy (non-hydrogen) atoms. The molecule has 0 aromatic carbocycles. The van der Waals surface area contributed by atoms with Gasteiger partial charge in [0, 0.05) is 18.2 Å². The van der Waals surface area contributed by atoms with Crippen molar-refractivity contribution >= 4 is 0 Å². The number of rotatable bonds is 3. The molecule has 0 spiro atoms. The maximum absolute atomic E-state index is 11.7. The van der Waals surface area contributed by atoms with E-state index in [9.17, 15) is 14.7 Å². The van der Waals surface area contributed by atoms with Crippen LogP contribution < -0.4 is 11.2 Å². The molecular formula is C11H16N2O5. The first-order valence-electron chi connectivity index (χ1n) is 5.85. The Balaban J connectivity index is 2.35. The smallest absolute Gasteiger partial charge is 0.330 e.